The van der Waals surface area contributed by atoms with Crippen molar-refractivity contribution in [3.63, 3.8) is 0 Å². The Hall–Kier alpha value is -1.30. The molecule has 0 aliphatic rings. The van der Waals surface area contributed by atoms with Crippen molar-refractivity contribution in [1.82, 2.24) is 0 Å². The first kappa shape index (κ1) is 11.8. The molecule has 0 aliphatic carbocycles. The minimum absolute atomic E-state index is 0.0583. The molecule has 0 amide bonds. The number of carboxylic acids is 1. The second-order valence-corrected chi connectivity index (χ2v) is 4.79. The minimum atomic E-state index is -0.835. The van der Waals surface area contributed by atoms with Gasteiger partial charge in [0.15, 0.2) is 0 Å². The molecule has 0 aliphatic heterocycles. The molecule has 0 saturated carbocycles. The minimum Gasteiger partial charge on any atom is -0.481 e. The molecule has 0 aromatic heterocycles. The van der Waals surface area contributed by atoms with Crippen LogP contribution >= 0.6 is 21.6 Å². The van der Waals surface area contributed by atoms with Crippen LogP contribution in [0.1, 0.15) is 0 Å². The Balaban J connectivity index is 2.49. The Morgan fingerprint density at radius 3 is 2.67 bits per heavy atom. The number of benzene rings is 1. The number of rotatable bonds is 5. The summed E-state index contributed by atoms with van der Waals surface area (Å²) in [6, 6.07) is 6.93. The summed E-state index contributed by atoms with van der Waals surface area (Å²) in [5.74, 6) is -0.777. The van der Waals surface area contributed by atoms with Gasteiger partial charge in [-0.3, -0.25) is 4.79 Å². The van der Waals surface area contributed by atoms with Crippen molar-refractivity contribution in [2.45, 2.75) is 4.90 Å². The van der Waals surface area contributed by atoms with Gasteiger partial charge in [-0.15, -0.1) is 0 Å². The average molecular weight is 241 g/mol. The van der Waals surface area contributed by atoms with Gasteiger partial charge in [0.05, 0.1) is 0 Å². The molecule has 1 rings (SSSR count). The molecule has 0 saturated heterocycles. The van der Waals surface area contributed by atoms with Gasteiger partial charge in [0.25, 0.3) is 0 Å². The molecule has 0 spiro atoms. The molecule has 7 heteroatoms. The van der Waals surface area contributed by atoms with Crippen molar-refractivity contribution in [3.8, 4) is 0 Å². The molecule has 0 atom stereocenters. The van der Waals surface area contributed by atoms with Crippen LogP contribution in [-0.2, 0) is 4.79 Å². The third-order valence-corrected chi connectivity index (χ3v) is 3.57. The van der Waals surface area contributed by atoms with Crippen LogP contribution in [0.4, 0.5) is 5.69 Å². The molecule has 78 valence electrons. The van der Waals surface area contributed by atoms with E-state index in [2.05, 4.69) is 10.0 Å². The third-order valence-electron chi connectivity index (χ3n) is 1.33. The van der Waals surface area contributed by atoms with Crippen molar-refractivity contribution in [1.29, 1.82) is 0 Å². The van der Waals surface area contributed by atoms with E-state index in [1.807, 2.05) is 0 Å². The van der Waals surface area contributed by atoms with Gasteiger partial charge in [0.2, 0.25) is 0 Å². The molecule has 0 heterocycles. The van der Waals surface area contributed by atoms with Crippen LogP contribution in [0.25, 0.3) is 10.4 Å². The normalized spacial score (nSPS) is 9.33. The quantitative estimate of drug-likeness (QED) is 0.370. The molecular weight excluding hydrogens is 234 g/mol. The Bertz CT molecular complexity index is 387. The topological polar surface area (TPSA) is 86.1 Å². The predicted molar refractivity (Wildman–Crippen MR) is 61.2 cm³/mol. The number of nitrogens with zero attached hydrogens (tertiary/aromatic N) is 3. The highest BCUT2D eigenvalue weighted by Crippen LogP contribution is 2.31. The molecule has 1 N–H and O–H groups in total. The van der Waals surface area contributed by atoms with Crippen LogP contribution in [0.5, 0.6) is 0 Å². The van der Waals surface area contributed by atoms with E-state index in [1.54, 1.807) is 24.3 Å². The zero-order valence-electron chi connectivity index (χ0n) is 7.53. The zero-order valence-corrected chi connectivity index (χ0v) is 9.16. The fourth-order valence-electron chi connectivity index (χ4n) is 0.768. The summed E-state index contributed by atoms with van der Waals surface area (Å²) < 4.78 is 0. The molecule has 15 heavy (non-hydrogen) atoms. The van der Waals surface area contributed by atoms with Crippen LogP contribution < -0.4 is 0 Å². The summed E-state index contributed by atoms with van der Waals surface area (Å²) in [6.07, 6.45) is 0. The highest BCUT2D eigenvalue weighted by atomic mass is 33.1. The predicted octanol–water partition coefficient (Wildman–Crippen LogP) is 3.45. The van der Waals surface area contributed by atoms with Crippen LogP contribution in [0.15, 0.2) is 34.3 Å². The summed E-state index contributed by atoms with van der Waals surface area (Å²) in [7, 11) is 2.62. The maximum absolute atomic E-state index is 10.2. The number of carboxylic acid groups (broad SMARTS) is 1. The van der Waals surface area contributed by atoms with Crippen molar-refractivity contribution >= 4 is 33.2 Å². The summed E-state index contributed by atoms with van der Waals surface area (Å²) in [4.78, 5) is 13.8. The highest BCUT2D eigenvalue weighted by Gasteiger charge is 1.99. The first-order valence-corrected chi connectivity index (χ1v) is 6.20. The SMILES string of the molecule is [N-]=[N+]=Nc1ccc(SSCC(=O)O)cc1. The van der Waals surface area contributed by atoms with Gasteiger partial charge in [-0.25, -0.2) is 0 Å². The lowest BCUT2D eigenvalue weighted by molar-refractivity contribution is -0.133. The lowest BCUT2D eigenvalue weighted by atomic mass is 10.3. The van der Waals surface area contributed by atoms with Crippen LogP contribution in [0.2, 0.25) is 0 Å². The molecule has 1 aromatic carbocycles. The van der Waals surface area contributed by atoms with Gasteiger partial charge in [-0.05, 0) is 17.7 Å². The van der Waals surface area contributed by atoms with Gasteiger partial charge >= 0.3 is 5.97 Å². The zero-order chi connectivity index (χ0) is 11.1. The average Bonchev–Trinajstić information content (AvgIpc) is 2.20. The Morgan fingerprint density at radius 1 is 1.47 bits per heavy atom. The van der Waals surface area contributed by atoms with E-state index in [0.29, 0.717) is 5.69 Å². The summed E-state index contributed by atoms with van der Waals surface area (Å²) in [5, 5.41) is 11.8. The van der Waals surface area contributed by atoms with Gasteiger partial charge < -0.3 is 5.11 Å². The second-order valence-electron chi connectivity index (χ2n) is 2.42. The summed E-state index contributed by atoms with van der Waals surface area (Å²) in [6.45, 7) is 0. The smallest absolute Gasteiger partial charge is 0.314 e. The summed E-state index contributed by atoms with van der Waals surface area (Å²) in [5.41, 5.74) is 8.72. The second kappa shape index (κ2) is 6.23. The van der Waals surface area contributed by atoms with Gasteiger partial charge in [0, 0.05) is 15.5 Å². The fourth-order valence-corrected chi connectivity index (χ4v) is 2.53. The van der Waals surface area contributed by atoms with Crippen molar-refractivity contribution in [3.05, 3.63) is 34.7 Å². The van der Waals surface area contributed by atoms with Crippen molar-refractivity contribution in [2.75, 3.05) is 5.75 Å². The molecule has 0 bridgehead atoms. The van der Waals surface area contributed by atoms with Gasteiger partial charge in [-0.1, -0.05) is 38.8 Å². The summed E-state index contributed by atoms with van der Waals surface area (Å²) >= 11 is 0. The maximum Gasteiger partial charge on any atom is 0.314 e. The molecule has 0 fully saturated rings. The highest BCUT2D eigenvalue weighted by molar-refractivity contribution is 8.76. The largest absolute Gasteiger partial charge is 0.481 e. The van der Waals surface area contributed by atoms with E-state index in [0.717, 1.165) is 4.90 Å². The molecule has 0 radical (unpaired) electrons. The lowest BCUT2D eigenvalue weighted by Gasteiger charge is -1.98. The number of hydrogen-bond donors (Lipinski definition) is 1. The fraction of sp³-hybridized carbons (Fsp3) is 0.125. The Labute approximate surface area is 93.9 Å². The van der Waals surface area contributed by atoms with Gasteiger partial charge in [-0.2, -0.15) is 0 Å². The van der Waals surface area contributed by atoms with Gasteiger partial charge in [0.1, 0.15) is 5.75 Å². The van der Waals surface area contributed by atoms with E-state index >= 15 is 0 Å². The van der Waals surface area contributed by atoms with Crippen LogP contribution in [0, 0.1) is 0 Å². The van der Waals surface area contributed by atoms with E-state index < -0.39 is 5.97 Å². The first-order chi connectivity index (χ1) is 7.22. The third kappa shape index (κ3) is 4.64. The molecule has 1 aromatic rings. The van der Waals surface area contributed by atoms with Crippen molar-refractivity contribution < 1.29 is 9.90 Å². The Morgan fingerprint density at radius 2 is 2.13 bits per heavy atom. The number of carbonyl (C=O) groups is 1. The number of hydrogen-bond acceptors (Lipinski definition) is 4. The van der Waals surface area contributed by atoms with E-state index in [-0.39, 0.29) is 5.75 Å². The lowest BCUT2D eigenvalue weighted by Crippen LogP contribution is -1.95. The molecular formula is C8H7N3O2S2. The van der Waals surface area contributed by atoms with E-state index in [1.165, 1.54) is 21.6 Å². The molecule has 0 unspecified atom stereocenters. The monoisotopic (exact) mass is 241 g/mol. The van der Waals surface area contributed by atoms with E-state index in [4.69, 9.17) is 10.6 Å². The standard InChI is InChI=1S/C8H7N3O2S2/c9-11-10-6-1-3-7(4-2-6)15-14-5-8(12)13/h1-4H,5H2,(H,12,13). The molecule has 5 nitrogen and oxygen atoms in total. The number of azide groups is 1. The van der Waals surface area contributed by atoms with Crippen molar-refractivity contribution in [2.24, 2.45) is 5.11 Å². The number of aliphatic carboxylic acids is 1. The van der Waals surface area contributed by atoms with Crippen LogP contribution in [-0.4, -0.2) is 16.8 Å². The van der Waals surface area contributed by atoms with E-state index in [9.17, 15) is 4.79 Å². The Kier molecular flexibility index (Phi) is 4.89. The maximum atomic E-state index is 10.2. The first-order valence-electron chi connectivity index (χ1n) is 3.89. The van der Waals surface area contributed by atoms with Crippen LogP contribution in [0.3, 0.4) is 0 Å².